The summed E-state index contributed by atoms with van der Waals surface area (Å²) in [6, 6.07) is 10.7. The van der Waals surface area contributed by atoms with E-state index in [0.717, 1.165) is 12.3 Å². The van der Waals surface area contributed by atoms with Gasteiger partial charge in [0.2, 0.25) is 0 Å². The molecule has 0 aromatic heterocycles. The Bertz CT molecular complexity index is 1010. The fourth-order valence-electron chi connectivity index (χ4n) is 3.38. The molecule has 0 bridgehead atoms. The summed E-state index contributed by atoms with van der Waals surface area (Å²) in [4.78, 5) is 25.3. The lowest BCUT2D eigenvalue weighted by atomic mass is 9.88. The number of carbonyl (C=O) groups is 1. The summed E-state index contributed by atoms with van der Waals surface area (Å²) in [6.45, 7) is 0.951. The highest BCUT2D eigenvalue weighted by atomic mass is 35.5. The number of nitro groups is 1. The number of halogens is 1. The van der Waals surface area contributed by atoms with E-state index in [9.17, 15) is 23.3 Å². The maximum absolute atomic E-state index is 12.6. The molecule has 148 valence electrons. The molecule has 0 amide bonds. The number of nitro benzene ring substituents is 1. The second-order valence-electron chi connectivity index (χ2n) is 6.81. The minimum absolute atomic E-state index is 0.0400. The zero-order valence-corrected chi connectivity index (χ0v) is 16.7. The van der Waals surface area contributed by atoms with Gasteiger partial charge in [0.15, 0.2) is 15.6 Å². The van der Waals surface area contributed by atoms with Crippen LogP contribution in [0.2, 0.25) is 5.02 Å². The van der Waals surface area contributed by atoms with Gasteiger partial charge < -0.3 is 4.90 Å². The van der Waals surface area contributed by atoms with Gasteiger partial charge in [-0.15, -0.1) is 0 Å². The number of hydrogen-bond donors (Lipinski definition) is 0. The fourth-order valence-corrected chi connectivity index (χ4v) is 4.15. The molecule has 0 saturated carbocycles. The molecule has 0 atom stereocenters. The van der Waals surface area contributed by atoms with Gasteiger partial charge in [0, 0.05) is 41.9 Å². The topological polar surface area (TPSA) is 97.6 Å². The second kappa shape index (κ2) is 7.89. The first-order valence-corrected chi connectivity index (χ1v) is 11.0. The van der Waals surface area contributed by atoms with Crippen molar-refractivity contribution < 1.29 is 18.1 Å². The Balaban J connectivity index is 1.77. The third kappa shape index (κ3) is 4.34. The minimum atomic E-state index is -3.54. The van der Waals surface area contributed by atoms with Crippen LogP contribution in [0.25, 0.3) is 0 Å². The van der Waals surface area contributed by atoms with Gasteiger partial charge in [0.1, 0.15) is 5.69 Å². The highest BCUT2D eigenvalue weighted by molar-refractivity contribution is 7.90. The van der Waals surface area contributed by atoms with E-state index < -0.39 is 14.8 Å². The van der Waals surface area contributed by atoms with Gasteiger partial charge in [-0.1, -0.05) is 11.6 Å². The normalized spacial score (nSPS) is 15.4. The van der Waals surface area contributed by atoms with E-state index >= 15 is 0 Å². The van der Waals surface area contributed by atoms with E-state index in [4.69, 9.17) is 11.6 Å². The highest BCUT2D eigenvalue weighted by Crippen LogP contribution is 2.34. The van der Waals surface area contributed by atoms with Gasteiger partial charge in [-0.3, -0.25) is 14.9 Å². The zero-order chi connectivity index (χ0) is 20.5. The lowest BCUT2D eigenvalue weighted by molar-refractivity contribution is -0.384. The molecule has 0 spiro atoms. The van der Waals surface area contributed by atoms with E-state index in [1.54, 1.807) is 24.3 Å². The maximum atomic E-state index is 12.6. The number of ketones is 1. The van der Waals surface area contributed by atoms with Crippen molar-refractivity contribution in [3.05, 3.63) is 63.2 Å². The molecule has 0 N–H and O–H groups in total. The second-order valence-corrected chi connectivity index (χ2v) is 9.26. The molecule has 9 heteroatoms. The predicted molar refractivity (Wildman–Crippen MR) is 107 cm³/mol. The number of carbonyl (C=O) groups excluding carboxylic acids is 1. The summed E-state index contributed by atoms with van der Waals surface area (Å²) in [5.74, 6) is -0.120. The van der Waals surface area contributed by atoms with Crippen LogP contribution in [0.1, 0.15) is 23.2 Å². The third-order valence-electron chi connectivity index (χ3n) is 4.91. The van der Waals surface area contributed by atoms with Crippen LogP contribution in [0.3, 0.4) is 0 Å². The molecule has 2 aromatic rings. The van der Waals surface area contributed by atoms with Gasteiger partial charge in [0.25, 0.3) is 5.69 Å². The summed E-state index contributed by atoms with van der Waals surface area (Å²) < 4.78 is 23.4. The Kier molecular flexibility index (Phi) is 5.71. The zero-order valence-electron chi connectivity index (χ0n) is 15.2. The highest BCUT2D eigenvalue weighted by Gasteiger charge is 2.29. The molecule has 28 heavy (non-hydrogen) atoms. The van der Waals surface area contributed by atoms with Crippen molar-refractivity contribution in [1.29, 1.82) is 0 Å². The van der Waals surface area contributed by atoms with Crippen LogP contribution in [0.5, 0.6) is 0 Å². The lowest BCUT2D eigenvalue weighted by Gasteiger charge is -2.32. The van der Waals surface area contributed by atoms with E-state index in [2.05, 4.69) is 0 Å². The maximum Gasteiger partial charge on any atom is 0.293 e. The summed E-state index contributed by atoms with van der Waals surface area (Å²) in [5, 5.41) is 12.0. The first-order chi connectivity index (χ1) is 13.2. The molecule has 0 radical (unpaired) electrons. The number of rotatable bonds is 5. The van der Waals surface area contributed by atoms with Crippen LogP contribution in [0, 0.1) is 16.0 Å². The molecule has 2 aromatic carbocycles. The number of nitrogens with zero attached hydrogens (tertiary/aromatic N) is 2. The van der Waals surface area contributed by atoms with Crippen molar-refractivity contribution in [1.82, 2.24) is 0 Å². The Morgan fingerprint density at radius 3 is 2.29 bits per heavy atom. The van der Waals surface area contributed by atoms with Crippen LogP contribution < -0.4 is 4.90 Å². The van der Waals surface area contributed by atoms with Gasteiger partial charge in [-0.05, 0) is 49.2 Å². The van der Waals surface area contributed by atoms with Crippen LogP contribution in [0.15, 0.2) is 47.4 Å². The first kappa shape index (κ1) is 20.3. The lowest BCUT2D eigenvalue weighted by Crippen LogP contribution is -2.36. The quantitative estimate of drug-likeness (QED) is 0.413. The summed E-state index contributed by atoms with van der Waals surface area (Å²) in [5.41, 5.74) is 0.728. The van der Waals surface area contributed by atoms with E-state index in [0.29, 0.717) is 42.2 Å². The molecule has 1 aliphatic heterocycles. The molecule has 7 nitrogen and oxygen atoms in total. The molecule has 3 rings (SSSR count). The van der Waals surface area contributed by atoms with Crippen molar-refractivity contribution in [2.45, 2.75) is 17.7 Å². The molecule has 1 heterocycles. The molecule has 1 aliphatic rings. The van der Waals surface area contributed by atoms with Crippen molar-refractivity contribution in [3.8, 4) is 0 Å². The van der Waals surface area contributed by atoms with Crippen LogP contribution >= 0.6 is 11.6 Å². The van der Waals surface area contributed by atoms with Gasteiger partial charge in [0.05, 0.1) is 9.82 Å². The first-order valence-electron chi connectivity index (χ1n) is 8.70. The number of sulfone groups is 1. The smallest absolute Gasteiger partial charge is 0.293 e. The summed E-state index contributed by atoms with van der Waals surface area (Å²) in [7, 11) is -3.54. The van der Waals surface area contributed by atoms with Crippen LogP contribution in [-0.4, -0.2) is 38.5 Å². The Labute approximate surface area is 168 Å². The van der Waals surface area contributed by atoms with Crippen molar-refractivity contribution >= 4 is 38.6 Å². The van der Waals surface area contributed by atoms with Crippen molar-refractivity contribution in [2.24, 2.45) is 5.92 Å². The number of Topliss-reactive ketones (excluding diaryl/α,β-unsaturated/α-hetero) is 1. The van der Waals surface area contributed by atoms with Crippen molar-refractivity contribution in [2.75, 3.05) is 24.2 Å². The van der Waals surface area contributed by atoms with Crippen LogP contribution in [-0.2, 0) is 9.84 Å². The molecule has 1 saturated heterocycles. The largest absolute Gasteiger partial charge is 0.366 e. The molecule has 1 fully saturated rings. The molecule has 0 aliphatic carbocycles. The van der Waals surface area contributed by atoms with Gasteiger partial charge >= 0.3 is 0 Å². The SMILES string of the molecule is CS(=O)(=O)c1ccc(N2CCC(C(=O)c3ccc(Cl)cc3)CC2)c([N+](=O)[O-])c1. The van der Waals surface area contributed by atoms with E-state index in [-0.39, 0.29) is 22.3 Å². The van der Waals surface area contributed by atoms with Gasteiger partial charge in [-0.2, -0.15) is 0 Å². The number of anilines is 1. The average molecular weight is 423 g/mol. The third-order valence-corrected chi connectivity index (χ3v) is 6.27. The summed E-state index contributed by atoms with van der Waals surface area (Å²) >= 11 is 5.86. The molecular weight excluding hydrogens is 404 g/mol. The monoisotopic (exact) mass is 422 g/mol. The standard InChI is InChI=1S/C19H19ClN2O5S/c1-28(26,27)16-6-7-17(18(12-16)22(24)25)21-10-8-14(9-11-21)19(23)13-2-4-15(20)5-3-13/h2-7,12,14H,8-11H2,1H3. The Hall–Kier alpha value is -2.45. The fraction of sp³-hybridized carbons (Fsp3) is 0.316. The summed E-state index contributed by atoms with van der Waals surface area (Å²) in [6.07, 6.45) is 2.14. The predicted octanol–water partition coefficient (Wildman–Crippen LogP) is 3.75. The Morgan fingerprint density at radius 2 is 1.75 bits per heavy atom. The van der Waals surface area contributed by atoms with E-state index in [1.807, 2.05) is 4.90 Å². The van der Waals surface area contributed by atoms with Crippen LogP contribution in [0.4, 0.5) is 11.4 Å². The van der Waals surface area contributed by atoms with E-state index in [1.165, 1.54) is 12.1 Å². The molecule has 0 unspecified atom stereocenters. The van der Waals surface area contributed by atoms with Crippen molar-refractivity contribution in [3.63, 3.8) is 0 Å². The average Bonchev–Trinajstić information content (AvgIpc) is 2.67. The molecular formula is C19H19ClN2O5S. The number of piperidine rings is 1. The van der Waals surface area contributed by atoms with Gasteiger partial charge in [-0.25, -0.2) is 8.42 Å². The number of hydrogen-bond acceptors (Lipinski definition) is 6. The Morgan fingerprint density at radius 1 is 1.14 bits per heavy atom. The number of benzene rings is 2. The minimum Gasteiger partial charge on any atom is -0.366 e.